The highest BCUT2D eigenvalue weighted by molar-refractivity contribution is 9.10. The third-order valence-electron chi connectivity index (χ3n) is 2.74. The zero-order valence-corrected chi connectivity index (χ0v) is 12.6. The summed E-state index contributed by atoms with van der Waals surface area (Å²) in [6.45, 7) is 4.10. The van der Waals surface area contributed by atoms with E-state index in [4.69, 9.17) is 0 Å². The minimum absolute atomic E-state index is 0.119. The summed E-state index contributed by atoms with van der Waals surface area (Å²) in [5, 5.41) is 12.1. The van der Waals surface area contributed by atoms with Crippen molar-refractivity contribution >= 4 is 27.3 Å². The maximum Gasteiger partial charge on any atom is 0.111 e. The van der Waals surface area contributed by atoms with Gasteiger partial charge in [-0.15, -0.1) is 11.3 Å². The number of benzene rings is 1. The van der Waals surface area contributed by atoms with E-state index >= 15 is 0 Å². The molecular formula is C14H13BrN2S. The lowest BCUT2D eigenvalue weighted by Gasteiger charge is -2.08. The van der Waals surface area contributed by atoms with Gasteiger partial charge in [0.2, 0.25) is 0 Å². The number of nitrogens with zero attached hydrogens (tertiary/aromatic N) is 2. The van der Waals surface area contributed by atoms with Crippen LogP contribution in [0.4, 0.5) is 0 Å². The van der Waals surface area contributed by atoms with Crippen molar-refractivity contribution in [2.75, 3.05) is 0 Å². The quantitative estimate of drug-likeness (QED) is 0.811. The topological polar surface area (TPSA) is 36.7 Å². The van der Waals surface area contributed by atoms with Gasteiger partial charge in [0, 0.05) is 15.4 Å². The van der Waals surface area contributed by atoms with Crippen molar-refractivity contribution < 1.29 is 0 Å². The molecule has 2 rings (SSSR count). The lowest BCUT2D eigenvalue weighted by Crippen LogP contribution is -2.03. The van der Waals surface area contributed by atoms with Crippen molar-refractivity contribution in [2.24, 2.45) is 5.92 Å². The molecule has 0 saturated carbocycles. The predicted molar refractivity (Wildman–Crippen MR) is 78.4 cm³/mol. The summed E-state index contributed by atoms with van der Waals surface area (Å²) < 4.78 is 1.03. The summed E-state index contributed by atoms with van der Waals surface area (Å²) in [5.74, 6) is 0.166. The summed E-state index contributed by atoms with van der Waals surface area (Å²) in [4.78, 5) is 4.60. The van der Waals surface area contributed by atoms with Gasteiger partial charge in [0.05, 0.1) is 11.8 Å². The Morgan fingerprint density at radius 3 is 2.67 bits per heavy atom. The van der Waals surface area contributed by atoms with Gasteiger partial charge in [-0.1, -0.05) is 48.0 Å². The van der Waals surface area contributed by atoms with Crippen molar-refractivity contribution in [1.29, 1.82) is 5.26 Å². The summed E-state index contributed by atoms with van der Waals surface area (Å²) in [7, 11) is 0. The van der Waals surface area contributed by atoms with Crippen LogP contribution in [0.1, 0.15) is 24.8 Å². The number of aromatic nitrogens is 1. The number of hydrogen-bond acceptors (Lipinski definition) is 3. The summed E-state index contributed by atoms with van der Waals surface area (Å²) >= 11 is 5.08. The van der Waals surface area contributed by atoms with Crippen molar-refractivity contribution in [2.45, 2.75) is 19.8 Å². The SMILES string of the molecule is CC(C)C(C#N)c1nc(-c2ccccc2Br)cs1. The molecule has 0 N–H and O–H groups in total. The first kappa shape index (κ1) is 13.3. The van der Waals surface area contributed by atoms with Crippen LogP contribution in [0.3, 0.4) is 0 Å². The standard InChI is InChI=1S/C14H13BrN2S/c1-9(2)11(7-16)14-17-13(8-18-14)10-5-3-4-6-12(10)15/h3-6,8-9,11H,1-2H3. The minimum atomic E-state index is -0.119. The highest BCUT2D eigenvalue weighted by Gasteiger charge is 2.19. The Bertz CT molecular complexity index is 583. The fourth-order valence-corrected chi connectivity index (χ4v) is 3.24. The molecule has 0 radical (unpaired) electrons. The molecule has 0 spiro atoms. The molecule has 1 unspecified atom stereocenters. The van der Waals surface area contributed by atoms with Crippen LogP contribution in [0.2, 0.25) is 0 Å². The monoisotopic (exact) mass is 320 g/mol. The van der Waals surface area contributed by atoms with Crippen molar-refractivity contribution in [3.05, 3.63) is 39.1 Å². The van der Waals surface area contributed by atoms with Crippen LogP contribution in [0.5, 0.6) is 0 Å². The van der Waals surface area contributed by atoms with Gasteiger partial charge in [0.1, 0.15) is 10.9 Å². The molecule has 0 amide bonds. The van der Waals surface area contributed by atoms with Crippen molar-refractivity contribution in [3.63, 3.8) is 0 Å². The third kappa shape index (κ3) is 2.63. The van der Waals surface area contributed by atoms with Crippen LogP contribution >= 0.6 is 27.3 Å². The highest BCUT2D eigenvalue weighted by Crippen LogP contribution is 2.33. The maximum absolute atomic E-state index is 9.19. The molecule has 4 heteroatoms. The summed E-state index contributed by atoms with van der Waals surface area (Å²) in [6.07, 6.45) is 0. The fourth-order valence-electron chi connectivity index (χ4n) is 1.71. The van der Waals surface area contributed by atoms with E-state index in [1.807, 2.05) is 43.5 Å². The molecule has 1 aromatic heterocycles. The van der Waals surface area contributed by atoms with Crippen LogP contribution < -0.4 is 0 Å². The van der Waals surface area contributed by atoms with Gasteiger partial charge in [0.15, 0.2) is 0 Å². The Kier molecular flexibility index (Phi) is 4.15. The van der Waals surface area contributed by atoms with E-state index in [0.29, 0.717) is 0 Å². The Labute approximate surface area is 119 Å². The first-order valence-corrected chi connectivity index (χ1v) is 7.40. The van der Waals surface area contributed by atoms with Gasteiger partial charge in [0.25, 0.3) is 0 Å². The zero-order valence-electron chi connectivity index (χ0n) is 10.2. The van der Waals surface area contributed by atoms with Crippen LogP contribution in [-0.4, -0.2) is 4.98 Å². The number of thiazole rings is 1. The number of hydrogen-bond donors (Lipinski definition) is 0. The van der Waals surface area contributed by atoms with E-state index < -0.39 is 0 Å². The first-order valence-electron chi connectivity index (χ1n) is 5.73. The normalized spacial score (nSPS) is 12.4. The predicted octanol–water partition coefficient (Wildman–Crippen LogP) is 4.84. The van der Waals surface area contributed by atoms with E-state index in [9.17, 15) is 5.26 Å². The molecular weight excluding hydrogens is 308 g/mol. The van der Waals surface area contributed by atoms with Crippen LogP contribution in [0, 0.1) is 17.2 Å². The molecule has 0 bridgehead atoms. The lowest BCUT2D eigenvalue weighted by atomic mass is 9.98. The smallest absolute Gasteiger partial charge is 0.111 e. The molecule has 0 aliphatic carbocycles. The maximum atomic E-state index is 9.19. The second-order valence-electron chi connectivity index (χ2n) is 4.40. The van der Waals surface area contributed by atoms with E-state index in [1.165, 1.54) is 0 Å². The fraction of sp³-hybridized carbons (Fsp3) is 0.286. The van der Waals surface area contributed by atoms with E-state index in [1.54, 1.807) is 11.3 Å². The Morgan fingerprint density at radius 1 is 1.33 bits per heavy atom. The largest absolute Gasteiger partial charge is 0.240 e. The molecule has 2 nitrogen and oxygen atoms in total. The van der Waals surface area contributed by atoms with Crippen LogP contribution in [-0.2, 0) is 0 Å². The second-order valence-corrected chi connectivity index (χ2v) is 6.15. The van der Waals surface area contributed by atoms with Gasteiger partial charge in [-0.25, -0.2) is 4.98 Å². The van der Waals surface area contributed by atoms with Gasteiger partial charge < -0.3 is 0 Å². The zero-order chi connectivity index (χ0) is 13.1. The number of nitriles is 1. The minimum Gasteiger partial charge on any atom is -0.240 e. The van der Waals surface area contributed by atoms with Gasteiger partial charge >= 0.3 is 0 Å². The van der Waals surface area contributed by atoms with Crippen LogP contribution in [0.15, 0.2) is 34.1 Å². The molecule has 0 saturated heterocycles. The average Bonchev–Trinajstić information content (AvgIpc) is 2.79. The Balaban J connectivity index is 2.37. The molecule has 0 fully saturated rings. The van der Waals surface area contributed by atoms with E-state index in [0.717, 1.165) is 20.7 Å². The molecule has 1 aromatic carbocycles. The van der Waals surface area contributed by atoms with Gasteiger partial charge in [-0.3, -0.25) is 0 Å². The highest BCUT2D eigenvalue weighted by atomic mass is 79.9. The first-order chi connectivity index (χ1) is 8.63. The molecule has 0 aliphatic heterocycles. The Morgan fingerprint density at radius 2 is 2.06 bits per heavy atom. The third-order valence-corrected chi connectivity index (χ3v) is 4.36. The number of halogens is 1. The van der Waals surface area contributed by atoms with Crippen LogP contribution in [0.25, 0.3) is 11.3 Å². The van der Waals surface area contributed by atoms with E-state index in [2.05, 4.69) is 27.0 Å². The van der Waals surface area contributed by atoms with Crippen molar-refractivity contribution in [3.8, 4) is 17.3 Å². The van der Waals surface area contributed by atoms with Gasteiger partial charge in [-0.2, -0.15) is 5.26 Å². The summed E-state index contributed by atoms with van der Waals surface area (Å²) in [6, 6.07) is 10.3. The van der Waals surface area contributed by atoms with Crippen molar-refractivity contribution in [1.82, 2.24) is 4.98 Å². The molecule has 1 heterocycles. The molecule has 1 atom stereocenters. The Hall–Kier alpha value is -1.18. The second kappa shape index (κ2) is 5.64. The lowest BCUT2D eigenvalue weighted by molar-refractivity contribution is 0.585. The molecule has 0 aliphatic rings. The van der Waals surface area contributed by atoms with Gasteiger partial charge in [-0.05, 0) is 12.0 Å². The van der Waals surface area contributed by atoms with E-state index in [-0.39, 0.29) is 11.8 Å². The summed E-state index contributed by atoms with van der Waals surface area (Å²) in [5.41, 5.74) is 2.00. The average molecular weight is 321 g/mol. The molecule has 92 valence electrons. The number of rotatable bonds is 3. The molecule has 18 heavy (non-hydrogen) atoms. The molecule has 2 aromatic rings.